The molecule has 146 valence electrons. The highest BCUT2D eigenvalue weighted by atomic mass is 32.2. The monoisotopic (exact) mass is 406 g/mol. The van der Waals surface area contributed by atoms with Crippen molar-refractivity contribution in [2.75, 3.05) is 18.2 Å². The van der Waals surface area contributed by atoms with Crippen LogP contribution in [0.15, 0.2) is 59.8 Å². The van der Waals surface area contributed by atoms with Gasteiger partial charge in [-0.05, 0) is 42.1 Å². The Hall–Kier alpha value is -3.39. The largest absolute Gasteiger partial charge is 0.465 e. The molecule has 0 bridgehead atoms. The molecule has 2 heterocycles. The second-order valence-corrected chi connectivity index (χ2v) is 7.34. The topological polar surface area (TPSA) is 85.6 Å². The molecule has 8 heteroatoms. The normalized spacial score (nSPS) is 11.0. The molecule has 0 aliphatic rings. The summed E-state index contributed by atoms with van der Waals surface area (Å²) in [4.78, 5) is 24.4. The van der Waals surface area contributed by atoms with Crippen LogP contribution in [-0.4, -0.2) is 39.3 Å². The Balaban J connectivity index is 1.57. The van der Waals surface area contributed by atoms with E-state index in [4.69, 9.17) is 4.74 Å². The number of hydrogen-bond acceptors (Lipinski definition) is 6. The van der Waals surface area contributed by atoms with Gasteiger partial charge in [0, 0.05) is 0 Å². The minimum absolute atomic E-state index is 0.124. The van der Waals surface area contributed by atoms with Gasteiger partial charge < -0.3 is 10.1 Å². The highest BCUT2D eigenvalue weighted by molar-refractivity contribution is 7.99. The van der Waals surface area contributed by atoms with Gasteiger partial charge in [0.2, 0.25) is 5.91 Å². The first-order chi connectivity index (χ1) is 14.1. The fourth-order valence-corrected chi connectivity index (χ4v) is 3.89. The smallest absolute Gasteiger partial charge is 0.339 e. The van der Waals surface area contributed by atoms with Crippen LogP contribution in [0.5, 0.6) is 0 Å². The number of hydrogen-bond donors (Lipinski definition) is 1. The molecule has 0 unspecified atom stereocenters. The molecule has 0 aliphatic heterocycles. The number of benzene rings is 2. The van der Waals surface area contributed by atoms with Gasteiger partial charge in [0.05, 0.1) is 29.6 Å². The Morgan fingerprint density at radius 3 is 2.69 bits per heavy atom. The first kappa shape index (κ1) is 18.9. The summed E-state index contributed by atoms with van der Waals surface area (Å²) in [6.07, 6.45) is 0. The molecule has 0 aliphatic carbocycles. The fourth-order valence-electron chi connectivity index (χ4n) is 3.14. The van der Waals surface area contributed by atoms with Crippen LogP contribution in [-0.2, 0) is 9.53 Å². The van der Waals surface area contributed by atoms with Crippen LogP contribution in [0, 0.1) is 6.92 Å². The average Bonchev–Trinajstić information content (AvgIpc) is 3.17. The summed E-state index contributed by atoms with van der Waals surface area (Å²) in [6, 6.07) is 16.8. The molecule has 0 spiro atoms. The first-order valence-corrected chi connectivity index (χ1v) is 9.90. The van der Waals surface area contributed by atoms with Crippen LogP contribution in [0.2, 0.25) is 0 Å². The van der Waals surface area contributed by atoms with E-state index in [0.29, 0.717) is 16.4 Å². The van der Waals surface area contributed by atoms with Gasteiger partial charge >= 0.3 is 5.97 Å². The quantitative estimate of drug-likeness (QED) is 0.402. The van der Waals surface area contributed by atoms with E-state index in [1.54, 1.807) is 24.3 Å². The molecular formula is C21H18N4O3S. The van der Waals surface area contributed by atoms with Crippen molar-refractivity contribution in [1.82, 2.24) is 14.6 Å². The van der Waals surface area contributed by atoms with E-state index in [0.717, 1.165) is 22.1 Å². The molecule has 29 heavy (non-hydrogen) atoms. The molecule has 0 fully saturated rings. The van der Waals surface area contributed by atoms with Crippen LogP contribution in [0.25, 0.3) is 16.6 Å². The molecule has 2 aromatic carbocycles. The molecule has 0 radical (unpaired) electrons. The maximum atomic E-state index is 12.5. The number of ether oxygens (including phenoxy) is 1. The lowest BCUT2D eigenvalue weighted by atomic mass is 10.1. The minimum atomic E-state index is -0.501. The fraction of sp³-hybridized carbons (Fsp3) is 0.143. The van der Waals surface area contributed by atoms with Crippen molar-refractivity contribution < 1.29 is 14.3 Å². The van der Waals surface area contributed by atoms with E-state index in [1.807, 2.05) is 35.6 Å². The van der Waals surface area contributed by atoms with Gasteiger partial charge in [0.25, 0.3) is 0 Å². The van der Waals surface area contributed by atoms with E-state index in [1.165, 1.54) is 18.9 Å². The maximum absolute atomic E-state index is 12.5. The van der Waals surface area contributed by atoms with Gasteiger partial charge in [-0.3, -0.25) is 9.20 Å². The van der Waals surface area contributed by atoms with Crippen molar-refractivity contribution in [3.63, 3.8) is 0 Å². The minimum Gasteiger partial charge on any atom is -0.465 e. The molecule has 1 amide bonds. The van der Waals surface area contributed by atoms with Crippen LogP contribution in [0.1, 0.15) is 15.9 Å². The Morgan fingerprint density at radius 2 is 1.86 bits per heavy atom. The van der Waals surface area contributed by atoms with E-state index >= 15 is 0 Å². The number of thioether (sulfide) groups is 1. The third kappa shape index (κ3) is 3.66. The first-order valence-electron chi connectivity index (χ1n) is 8.92. The van der Waals surface area contributed by atoms with Crippen molar-refractivity contribution in [2.45, 2.75) is 12.1 Å². The summed E-state index contributed by atoms with van der Waals surface area (Å²) in [6.45, 7) is 1.99. The molecule has 7 nitrogen and oxygen atoms in total. The molecule has 4 aromatic rings. The summed E-state index contributed by atoms with van der Waals surface area (Å²) in [5, 5.41) is 13.0. The lowest BCUT2D eigenvalue weighted by Crippen LogP contribution is -2.17. The van der Waals surface area contributed by atoms with Crippen LogP contribution >= 0.6 is 11.8 Å². The van der Waals surface area contributed by atoms with Crippen molar-refractivity contribution in [2.24, 2.45) is 0 Å². The number of pyridine rings is 1. The highest BCUT2D eigenvalue weighted by Gasteiger charge is 2.16. The second kappa shape index (κ2) is 7.92. The number of carbonyl (C=O) groups excluding carboxylic acids is 2. The molecular weight excluding hydrogens is 388 g/mol. The van der Waals surface area contributed by atoms with Crippen molar-refractivity contribution >= 4 is 45.9 Å². The van der Waals surface area contributed by atoms with E-state index in [2.05, 4.69) is 21.6 Å². The maximum Gasteiger partial charge on any atom is 0.339 e. The third-order valence-corrected chi connectivity index (χ3v) is 5.40. The highest BCUT2D eigenvalue weighted by Crippen LogP contribution is 2.26. The Labute approximate surface area is 171 Å². The zero-order valence-corrected chi connectivity index (χ0v) is 16.7. The lowest BCUT2D eigenvalue weighted by molar-refractivity contribution is -0.113. The van der Waals surface area contributed by atoms with Gasteiger partial charge in [-0.15, -0.1) is 10.2 Å². The zero-order valence-electron chi connectivity index (χ0n) is 15.9. The van der Waals surface area contributed by atoms with E-state index in [9.17, 15) is 9.59 Å². The number of nitrogens with zero attached hydrogens (tertiary/aromatic N) is 3. The predicted molar refractivity (Wildman–Crippen MR) is 112 cm³/mol. The van der Waals surface area contributed by atoms with Gasteiger partial charge in [-0.25, -0.2) is 4.79 Å². The van der Waals surface area contributed by atoms with E-state index < -0.39 is 5.97 Å². The number of amides is 1. The summed E-state index contributed by atoms with van der Waals surface area (Å²) >= 11 is 1.29. The Bertz CT molecular complexity index is 1240. The van der Waals surface area contributed by atoms with Crippen LogP contribution < -0.4 is 5.32 Å². The second-order valence-electron chi connectivity index (χ2n) is 6.40. The number of para-hydroxylation sites is 2. The third-order valence-electron chi connectivity index (χ3n) is 4.47. The molecule has 0 saturated carbocycles. The van der Waals surface area contributed by atoms with Gasteiger partial charge in [-0.1, -0.05) is 42.1 Å². The van der Waals surface area contributed by atoms with Crippen LogP contribution in [0.3, 0.4) is 0 Å². The summed E-state index contributed by atoms with van der Waals surface area (Å²) in [5.74, 6) is -0.627. The Kier molecular flexibility index (Phi) is 5.18. The zero-order chi connectivity index (χ0) is 20.4. The van der Waals surface area contributed by atoms with Crippen molar-refractivity contribution in [1.29, 1.82) is 0 Å². The standard InChI is InChI=1S/C21H18N4O3S/c1-13-11-14-7-3-6-10-17(14)25-19(13)23-24-21(25)29-12-18(26)22-16-9-5-4-8-15(16)20(27)28-2/h3-11H,12H2,1-2H3,(H,22,26). The lowest BCUT2D eigenvalue weighted by Gasteiger charge is -2.09. The van der Waals surface area contributed by atoms with Gasteiger partial charge in [0.1, 0.15) is 0 Å². The number of carbonyl (C=O) groups is 2. The average molecular weight is 406 g/mol. The number of fused-ring (bicyclic) bond motifs is 3. The summed E-state index contributed by atoms with van der Waals surface area (Å²) < 4.78 is 6.72. The molecule has 2 aromatic heterocycles. The number of aromatic nitrogens is 3. The number of aryl methyl sites for hydroxylation is 1. The number of anilines is 1. The van der Waals surface area contributed by atoms with Gasteiger partial charge in [0.15, 0.2) is 10.8 Å². The number of methoxy groups -OCH3 is 1. The van der Waals surface area contributed by atoms with Crippen LogP contribution in [0.4, 0.5) is 5.69 Å². The molecule has 0 saturated heterocycles. The summed E-state index contributed by atoms with van der Waals surface area (Å²) in [5.41, 5.74) is 3.49. The number of rotatable bonds is 5. The number of nitrogens with one attached hydrogen (secondary N) is 1. The predicted octanol–water partition coefficient (Wildman–Crippen LogP) is 3.71. The number of esters is 1. The summed E-state index contributed by atoms with van der Waals surface area (Å²) in [7, 11) is 1.31. The molecule has 1 N–H and O–H groups in total. The Morgan fingerprint density at radius 1 is 1.10 bits per heavy atom. The van der Waals surface area contributed by atoms with E-state index in [-0.39, 0.29) is 11.7 Å². The molecule has 0 atom stereocenters. The van der Waals surface area contributed by atoms with Crippen molar-refractivity contribution in [3.8, 4) is 0 Å². The SMILES string of the molecule is COC(=O)c1ccccc1NC(=O)CSc1nnc2c(C)cc3ccccc3n12. The molecule has 4 rings (SSSR count). The van der Waals surface area contributed by atoms with Crippen molar-refractivity contribution in [3.05, 3.63) is 65.7 Å². The van der Waals surface area contributed by atoms with Gasteiger partial charge in [-0.2, -0.15) is 0 Å².